The third-order valence-electron chi connectivity index (χ3n) is 4.66. The van der Waals surface area contributed by atoms with Gasteiger partial charge in [-0.25, -0.2) is 0 Å². The summed E-state index contributed by atoms with van der Waals surface area (Å²) in [4.78, 5) is 0. The molecule has 0 aliphatic rings. The lowest BCUT2D eigenvalue weighted by atomic mass is 9.95. The Bertz CT molecular complexity index is 786. The molecule has 0 fully saturated rings. The normalized spacial score (nSPS) is 14.9. The molecule has 0 heterocycles. The van der Waals surface area contributed by atoms with E-state index >= 15 is 0 Å². The fourth-order valence-corrected chi connectivity index (χ4v) is 5.10. The Morgan fingerprint density at radius 2 is 1.77 bits per heavy atom. The molecule has 170 valence electrons. The van der Waals surface area contributed by atoms with E-state index in [0.717, 1.165) is 29.1 Å². The summed E-state index contributed by atoms with van der Waals surface area (Å²) in [5.74, 6) is 1.66. The van der Waals surface area contributed by atoms with Crippen molar-refractivity contribution in [1.82, 2.24) is 5.32 Å². The second-order valence-electron chi connectivity index (χ2n) is 8.55. The molecule has 0 aliphatic heterocycles. The average Bonchev–Trinajstić information content (AvgIpc) is 2.72. The van der Waals surface area contributed by atoms with E-state index in [1.807, 2.05) is 30.3 Å². The first-order valence-electron chi connectivity index (χ1n) is 10.6. The molecule has 2 rings (SSSR count). The van der Waals surface area contributed by atoms with Gasteiger partial charge >= 0.3 is 0 Å². The number of rotatable bonds is 12. The van der Waals surface area contributed by atoms with Gasteiger partial charge in [-0.3, -0.25) is 0 Å². The van der Waals surface area contributed by atoms with E-state index < -0.39 is 0 Å². The van der Waals surface area contributed by atoms with Crippen molar-refractivity contribution >= 4 is 44.7 Å². The van der Waals surface area contributed by atoms with Crippen LogP contribution in [0.2, 0.25) is 15.1 Å². The number of hydrogen-bond donors (Lipinski definition) is 2. The maximum atomic E-state index is 9.16. The Morgan fingerprint density at radius 1 is 1.06 bits per heavy atom. The van der Waals surface area contributed by atoms with Crippen LogP contribution in [-0.2, 0) is 4.43 Å². The maximum absolute atomic E-state index is 9.16. The molecule has 0 saturated carbocycles. The molecule has 3 nitrogen and oxygen atoms in total. The molecule has 31 heavy (non-hydrogen) atoms. The van der Waals surface area contributed by atoms with Crippen LogP contribution < -0.4 is 5.32 Å². The minimum Gasteiger partial charge on any atom is -0.408 e. The van der Waals surface area contributed by atoms with E-state index in [0.29, 0.717) is 19.8 Å². The standard InChI is InChI=1S/C24H33Cl2NO2SSi/c1-5-21(16-30-14-13-28)27-22(17-9-11-19(25)12-10-17)23(29-31-24(2,3)4)18-7-6-8-20(26)15-18/h6-12,15,21-23,27-28H,5,13-14,16H2,1-4H3/t21-,22+,23+/m0/s1. The fraction of sp³-hybridized carbons (Fsp3) is 0.500. The number of benzene rings is 2. The highest BCUT2D eigenvalue weighted by atomic mass is 35.5. The van der Waals surface area contributed by atoms with Gasteiger partial charge in [0.15, 0.2) is 0 Å². The highest BCUT2D eigenvalue weighted by molar-refractivity contribution is 7.99. The second kappa shape index (κ2) is 13.2. The monoisotopic (exact) mass is 497 g/mol. The Morgan fingerprint density at radius 3 is 2.35 bits per heavy atom. The van der Waals surface area contributed by atoms with Crippen LogP contribution in [0.4, 0.5) is 0 Å². The molecule has 2 N–H and O–H groups in total. The van der Waals surface area contributed by atoms with Crippen LogP contribution in [0.1, 0.15) is 57.4 Å². The summed E-state index contributed by atoms with van der Waals surface area (Å²) in [5.41, 5.74) is 2.17. The summed E-state index contributed by atoms with van der Waals surface area (Å²) in [7, 11) is 0.330. The summed E-state index contributed by atoms with van der Waals surface area (Å²) in [6.07, 6.45) is 0.779. The van der Waals surface area contributed by atoms with Crippen LogP contribution in [0.3, 0.4) is 0 Å². The molecule has 2 radical (unpaired) electrons. The predicted molar refractivity (Wildman–Crippen MR) is 137 cm³/mol. The van der Waals surface area contributed by atoms with Crippen molar-refractivity contribution < 1.29 is 9.53 Å². The van der Waals surface area contributed by atoms with Gasteiger partial charge in [0, 0.05) is 27.6 Å². The molecule has 0 saturated heterocycles. The minimum absolute atomic E-state index is 0.0580. The molecule has 2 aromatic rings. The lowest BCUT2D eigenvalue weighted by Gasteiger charge is -2.34. The molecule has 3 atom stereocenters. The van der Waals surface area contributed by atoms with Crippen LogP contribution in [0, 0.1) is 0 Å². The molecule has 0 spiro atoms. The number of aliphatic hydroxyl groups excluding tert-OH is 1. The fourth-order valence-electron chi connectivity index (χ4n) is 3.11. The van der Waals surface area contributed by atoms with Gasteiger partial charge in [-0.1, -0.05) is 75.2 Å². The van der Waals surface area contributed by atoms with E-state index in [9.17, 15) is 0 Å². The Labute approximate surface area is 204 Å². The predicted octanol–water partition coefficient (Wildman–Crippen LogP) is 6.72. The molecule has 0 aromatic heterocycles. The highest BCUT2D eigenvalue weighted by Crippen LogP contribution is 2.36. The van der Waals surface area contributed by atoms with Gasteiger partial charge in [0.25, 0.3) is 0 Å². The molecule has 0 unspecified atom stereocenters. The zero-order valence-corrected chi connectivity index (χ0v) is 22.0. The van der Waals surface area contributed by atoms with E-state index in [4.69, 9.17) is 32.7 Å². The minimum atomic E-state index is -0.200. The summed E-state index contributed by atoms with van der Waals surface area (Å²) < 4.78 is 6.59. The van der Waals surface area contributed by atoms with Crippen molar-refractivity contribution in [3.05, 3.63) is 69.7 Å². The molecular formula is C24H33Cl2NO2SSi. The summed E-state index contributed by atoms with van der Waals surface area (Å²) >= 11 is 14.3. The first-order chi connectivity index (χ1) is 14.7. The second-order valence-corrected chi connectivity index (χ2v) is 12.5. The smallest absolute Gasteiger partial charge is 0.236 e. The molecule has 0 bridgehead atoms. The molecule has 0 aliphatic carbocycles. The largest absolute Gasteiger partial charge is 0.408 e. The lowest BCUT2D eigenvalue weighted by Crippen LogP contribution is -2.39. The number of aliphatic hydroxyl groups is 1. The van der Waals surface area contributed by atoms with E-state index in [-0.39, 0.29) is 29.8 Å². The quantitative estimate of drug-likeness (QED) is 0.252. The Hall–Kier alpha value is -0.533. The first kappa shape index (κ1) is 26.7. The van der Waals surface area contributed by atoms with Gasteiger partial charge < -0.3 is 14.8 Å². The number of nitrogens with one attached hydrogen (secondary N) is 1. The van der Waals surface area contributed by atoms with Gasteiger partial charge in [0.05, 0.1) is 18.8 Å². The van der Waals surface area contributed by atoms with E-state index in [1.54, 1.807) is 11.8 Å². The average molecular weight is 499 g/mol. The van der Waals surface area contributed by atoms with Crippen LogP contribution >= 0.6 is 35.0 Å². The van der Waals surface area contributed by atoms with Crippen molar-refractivity contribution in [3.63, 3.8) is 0 Å². The molecule has 2 aromatic carbocycles. The molecule has 0 amide bonds. The third-order valence-corrected chi connectivity index (χ3v) is 7.24. The molecule has 7 heteroatoms. The van der Waals surface area contributed by atoms with Gasteiger partial charge in [-0.15, -0.1) is 0 Å². The third kappa shape index (κ3) is 9.46. The summed E-state index contributed by atoms with van der Waals surface area (Å²) in [5, 5.41) is 14.5. The van der Waals surface area contributed by atoms with Gasteiger partial charge in [-0.05, 0) is 46.9 Å². The zero-order valence-electron chi connectivity index (χ0n) is 18.7. The van der Waals surface area contributed by atoms with Crippen molar-refractivity contribution in [2.24, 2.45) is 0 Å². The van der Waals surface area contributed by atoms with Crippen molar-refractivity contribution in [3.8, 4) is 0 Å². The van der Waals surface area contributed by atoms with Crippen LogP contribution in [0.15, 0.2) is 48.5 Å². The zero-order chi connectivity index (χ0) is 22.9. The van der Waals surface area contributed by atoms with Gasteiger partial charge in [-0.2, -0.15) is 11.8 Å². The number of hydrogen-bond acceptors (Lipinski definition) is 4. The number of halogens is 2. The van der Waals surface area contributed by atoms with E-state index in [1.165, 1.54) is 0 Å². The topological polar surface area (TPSA) is 41.5 Å². The maximum Gasteiger partial charge on any atom is 0.236 e. The summed E-state index contributed by atoms with van der Waals surface area (Å²) in [6.45, 7) is 8.94. The van der Waals surface area contributed by atoms with Crippen LogP contribution in [0.25, 0.3) is 0 Å². The first-order valence-corrected chi connectivity index (χ1v) is 13.4. The van der Waals surface area contributed by atoms with Gasteiger partial charge in [0.2, 0.25) is 9.76 Å². The SMILES string of the molecule is CC[C@@H](CSCCO)N[C@H](c1ccc(Cl)cc1)[C@H](O[Si]C(C)(C)C)c1cccc(Cl)c1. The van der Waals surface area contributed by atoms with Gasteiger partial charge in [0.1, 0.15) is 0 Å². The Balaban J connectivity index is 2.41. The van der Waals surface area contributed by atoms with Crippen LogP contribution in [0.5, 0.6) is 0 Å². The summed E-state index contributed by atoms with van der Waals surface area (Å²) in [6, 6.07) is 16.1. The van der Waals surface area contributed by atoms with Crippen LogP contribution in [-0.4, -0.2) is 39.0 Å². The van der Waals surface area contributed by atoms with Crippen molar-refractivity contribution in [1.29, 1.82) is 0 Å². The number of thioether (sulfide) groups is 1. The highest BCUT2D eigenvalue weighted by Gasteiger charge is 2.29. The van der Waals surface area contributed by atoms with Crippen molar-refractivity contribution in [2.45, 2.75) is 57.3 Å². The molecular weight excluding hydrogens is 465 g/mol. The van der Waals surface area contributed by atoms with E-state index in [2.05, 4.69) is 51.2 Å². The van der Waals surface area contributed by atoms with Crippen molar-refractivity contribution in [2.75, 3.05) is 18.1 Å². The lowest BCUT2D eigenvalue weighted by molar-refractivity contribution is 0.149. The Kier molecular flexibility index (Phi) is 11.4.